The van der Waals surface area contributed by atoms with Crippen LogP contribution in [0, 0.1) is 5.92 Å². The molecule has 1 aromatic heterocycles. The third-order valence-electron chi connectivity index (χ3n) is 7.36. The number of imide groups is 1. The molecule has 15 heteroatoms. The second-order valence-corrected chi connectivity index (χ2v) is 14.6. The van der Waals surface area contributed by atoms with E-state index in [2.05, 4.69) is 21.2 Å². The molecule has 0 spiro atoms. The molecule has 3 atom stereocenters. The number of nitrogens with one attached hydrogen (secondary N) is 1. The first-order valence-electron chi connectivity index (χ1n) is 13.1. The summed E-state index contributed by atoms with van der Waals surface area (Å²) in [5.41, 5.74) is 1.48. The third-order valence-corrected chi connectivity index (χ3v) is 11.4. The van der Waals surface area contributed by atoms with Crippen LogP contribution in [0.2, 0.25) is 0 Å². The number of nitrogens with zero attached hydrogens (tertiary/aromatic N) is 2. The van der Waals surface area contributed by atoms with Gasteiger partial charge in [0, 0.05) is 21.0 Å². The van der Waals surface area contributed by atoms with Crippen molar-refractivity contribution in [3.8, 4) is 5.75 Å². The summed E-state index contributed by atoms with van der Waals surface area (Å²) in [5, 5.41) is 7.41. The summed E-state index contributed by atoms with van der Waals surface area (Å²) in [4.78, 5) is 55.5. The molecule has 4 aromatic rings. The van der Waals surface area contributed by atoms with Gasteiger partial charge in [-0.15, -0.1) is 0 Å². The fraction of sp³-hybridized carbons (Fsp3) is 0.172. The minimum Gasteiger partial charge on any atom is -0.497 e. The standard InChI is InChI=1S/C29H23BrN4O7S3/c1-41-19-9-7-18(8-10-19)34-26(36)23-22(15-3-2-4-16(30)13-15)25-28(42-24(23)27(34)37)33(29(38)43-25)14-21(35)32-17-5-11-20(12-6-17)44(31,39)40/h2-13,22-24H,14H2,1H3,(H,32,35)(H2,31,39,40)/t22-,23?,24?/m1/s1. The zero-order valence-corrected chi connectivity index (χ0v) is 26.8. The minimum absolute atomic E-state index is 0.109. The molecular weight excluding hydrogens is 692 g/mol. The highest BCUT2D eigenvalue weighted by molar-refractivity contribution is 9.10. The van der Waals surface area contributed by atoms with E-state index >= 15 is 0 Å². The van der Waals surface area contributed by atoms with Crippen LogP contribution in [0.15, 0.2) is 92.0 Å². The number of carbonyl (C=O) groups is 3. The van der Waals surface area contributed by atoms with Gasteiger partial charge in [0.1, 0.15) is 17.5 Å². The number of halogens is 1. The number of sulfonamides is 1. The molecule has 3 heterocycles. The van der Waals surface area contributed by atoms with E-state index in [9.17, 15) is 27.6 Å². The van der Waals surface area contributed by atoms with Gasteiger partial charge in [0.15, 0.2) is 0 Å². The average Bonchev–Trinajstić information content (AvgIpc) is 3.43. The Labute approximate surface area is 268 Å². The van der Waals surface area contributed by atoms with E-state index in [1.807, 2.05) is 24.3 Å². The molecule has 1 fully saturated rings. The topological polar surface area (TPSA) is 158 Å². The summed E-state index contributed by atoms with van der Waals surface area (Å²) >= 11 is 5.55. The first-order chi connectivity index (χ1) is 21.0. The zero-order valence-electron chi connectivity index (χ0n) is 22.8. The van der Waals surface area contributed by atoms with Crippen molar-refractivity contribution in [2.45, 2.75) is 27.6 Å². The average molecular weight is 716 g/mol. The van der Waals surface area contributed by atoms with E-state index in [-0.39, 0.29) is 17.3 Å². The molecule has 0 bridgehead atoms. The van der Waals surface area contributed by atoms with Gasteiger partial charge >= 0.3 is 4.87 Å². The van der Waals surface area contributed by atoms with Gasteiger partial charge < -0.3 is 10.1 Å². The number of methoxy groups -OCH3 is 1. The second kappa shape index (κ2) is 11.6. The molecule has 0 saturated carbocycles. The Hall–Kier alpha value is -3.76. The number of rotatable bonds is 7. The number of ether oxygens (including phenoxy) is 1. The lowest BCUT2D eigenvalue weighted by atomic mass is 9.83. The molecule has 3 N–H and O–H groups in total. The highest BCUT2D eigenvalue weighted by Gasteiger charge is 2.56. The highest BCUT2D eigenvalue weighted by atomic mass is 79.9. The molecule has 2 aliphatic rings. The maximum atomic E-state index is 14.0. The summed E-state index contributed by atoms with van der Waals surface area (Å²) in [5.74, 6) is -2.13. The molecule has 3 amide bonds. The number of amides is 3. The Balaban J connectivity index is 1.36. The highest BCUT2D eigenvalue weighted by Crippen LogP contribution is 2.54. The lowest BCUT2D eigenvalue weighted by Gasteiger charge is -2.30. The van der Waals surface area contributed by atoms with Crippen LogP contribution in [0.5, 0.6) is 5.75 Å². The summed E-state index contributed by atoms with van der Waals surface area (Å²) < 4.78 is 30.4. The number of benzene rings is 3. The van der Waals surface area contributed by atoms with Gasteiger partial charge in [-0.25, -0.2) is 18.5 Å². The van der Waals surface area contributed by atoms with Crippen molar-refractivity contribution in [1.82, 2.24) is 4.57 Å². The van der Waals surface area contributed by atoms with Crippen LogP contribution in [0.4, 0.5) is 11.4 Å². The van der Waals surface area contributed by atoms with E-state index in [4.69, 9.17) is 9.88 Å². The molecule has 6 rings (SSSR count). The van der Waals surface area contributed by atoms with Gasteiger partial charge in [-0.2, -0.15) is 0 Å². The number of nitrogens with two attached hydrogens (primary N) is 1. The van der Waals surface area contributed by atoms with Crippen LogP contribution in [-0.2, 0) is 31.0 Å². The number of aromatic nitrogens is 1. The molecule has 0 aliphatic carbocycles. The van der Waals surface area contributed by atoms with Gasteiger partial charge in [0.2, 0.25) is 27.7 Å². The Morgan fingerprint density at radius 2 is 1.73 bits per heavy atom. The van der Waals surface area contributed by atoms with Gasteiger partial charge in [0.05, 0.1) is 28.6 Å². The van der Waals surface area contributed by atoms with Crippen molar-refractivity contribution in [3.63, 3.8) is 0 Å². The van der Waals surface area contributed by atoms with E-state index in [0.717, 1.165) is 33.1 Å². The predicted octanol–water partition coefficient (Wildman–Crippen LogP) is 3.76. The number of fused-ring (bicyclic) bond motifs is 2. The largest absolute Gasteiger partial charge is 0.497 e. The van der Waals surface area contributed by atoms with Gasteiger partial charge in [-0.05, 0) is 66.2 Å². The molecule has 2 unspecified atom stereocenters. The minimum atomic E-state index is -3.90. The van der Waals surface area contributed by atoms with Gasteiger partial charge in [-0.1, -0.05) is 51.2 Å². The van der Waals surface area contributed by atoms with E-state index < -0.39 is 43.8 Å². The van der Waals surface area contributed by atoms with Gasteiger partial charge in [-0.3, -0.25) is 23.7 Å². The molecule has 3 aromatic carbocycles. The number of primary sulfonamides is 1. The number of thioether (sulfide) groups is 1. The summed E-state index contributed by atoms with van der Waals surface area (Å²) in [6, 6.07) is 19.3. The molecule has 1 saturated heterocycles. The van der Waals surface area contributed by atoms with Crippen LogP contribution in [0.25, 0.3) is 0 Å². The number of anilines is 2. The van der Waals surface area contributed by atoms with Crippen molar-refractivity contribution in [2.24, 2.45) is 11.1 Å². The maximum absolute atomic E-state index is 14.0. The summed E-state index contributed by atoms with van der Waals surface area (Å²) in [6.07, 6.45) is 0. The van der Waals surface area contributed by atoms with E-state index in [0.29, 0.717) is 27.0 Å². The van der Waals surface area contributed by atoms with Crippen LogP contribution in [-0.4, -0.2) is 43.1 Å². The normalized spacial score (nSPS) is 19.4. The zero-order chi connectivity index (χ0) is 31.3. The SMILES string of the molecule is COc1ccc(N2C(=O)C3Sc4c(sc(=O)n4CC(=O)Nc4ccc(S(N)(=O)=O)cc4)[C@H](c4cccc(Br)c4)C3C2=O)cc1. The first-order valence-corrected chi connectivity index (χ1v) is 17.1. The number of carbonyl (C=O) groups excluding carboxylic acids is 3. The van der Waals surface area contributed by atoms with E-state index in [1.54, 1.807) is 24.3 Å². The number of hydrogen-bond acceptors (Lipinski definition) is 9. The van der Waals surface area contributed by atoms with Crippen LogP contribution >= 0.6 is 39.0 Å². The quantitative estimate of drug-likeness (QED) is 0.274. The monoisotopic (exact) mass is 714 g/mol. The Morgan fingerprint density at radius 1 is 1.02 bits per heavy atom. The summed E-state index contributed by atoms with van der Waals surface area (Å²) in [6.45, 7) is -0.360. The van der Waals surface area contributed by atoms with Crippen molar-refractivity contribution in [1.29, 1.82) is 0 Å². The third kappa shape index (κ3) is 5.49. The van der Waals surface area contributed by atoms with Crippen molar-refractivity contribution < 1.29 is 27.5 Å². The van der Waals surface area contributed by atoms with Crippen molar-refractivity contribution in [3.05, 3.63) is 97.4 Å². The molecule has 226 valence electrons. The fourth-order valence-corrected chi connectivity index (χ4v) is 9.08. The Morgan fingerprint density at radius 3 is 2.36 bits per heavy atom. The molecule has 11 nitrogen and oxygen atoms in total. The molecule has 2 aliphatic heterocycles. The maximum Gasteiger partial charge on any atom is 0.308 e. The smallest absolute Gasteiger partial charge is 0.308 e. The van der Waals surface area contributed by atoms with Crippen LogP contribution < -0.4 is 25.0 Å². The van der Waals surface area contributed by atoms with Crippen LogP contribution in [0.1, 0.15) is 16.4 Å². The predicted molar refractivity (Wildman–Crippen MR) is 170 cm³/mol. The molecular formula is C29H23BrN4O7S3. The second-order valence-electron chi connectivity index (χ2n) is 10.0. The molecule has 44 heavy (non-hydrogen) atoms. The Kier molecular flexibility index (Phi) is 8.00. The first kappa shape index (κ1) is 30.3. The number of hydrogen-bond donors (Lipinski definition) is 2. The number of thiazole rings is 1. The van der Waals surface area contributed by atoms with Crippen LogP contribution in [0.3, 0.4) is 0 Å². The van der Waals surface area contributed by atoms with Crippen molar-refractivity contribution >= 4 is 78.1 Å². The van der Waals surface area contributed by atoms with Crippen molar-refractivity contribution in [2.75, 3.05) is 17.3 Å². The lowest BCUT2D eigenvalue weighted by molar-refractivity contribution is -0.122. The van der Waals surface area contributed by atoms with Gasteiger partial charge in [0.25, 0.3) is 0 Å². The fourth-order valence-electron chi connectivity index (χ4n) is 5.37. The summed E-state index contributed by atoms with van der Waals surface area (Å²) in [7, 11) is -2.37. The molecule has 0 radical (unpaired) electrons. The lowest BCUT2D eigenvalue weighted by Crippen LogP contribution is -2.33. The van der Waals surface area contributed by atoms with E-state index in [1.165, 1.54) is 40.8 Å². The Bertz CT molecular complexity index is 1970.